The van der Waals surface area contributed by atoms with Crippen LogP contribution in [0.15, 0.2) is 78.9 Å². The molecule has 0 aliphatic rings. The van der Waals surface area contributed by atoms with E-state index in [1.54, 1.807) is 36.4 Å². The molecule has 3 aromatic rings. The van der Waals surface area contributed by atoms with Gasteiger partial charge in [0.1, 0.15) is 5.75 Å². The number of carbonyl (C=O) groups excluding carboxylic acids is 3. The number of hydrogen-bond acceptors (Lipinski definition) is 5. The number of amides is 1. The van der Waals surface area contributed by atoms with Crippen molar-refractivity contribution in [2.75, 3.05) is 18.5 Å². The van der Waals surface area contributed by atoms with E-state index < -0.39 is 18.5 Å². The Balaban J connectivity index is 1.43. The third-order valence-corrected chi connectivity index (χ3v) is 4.24. The van der Waals surface area contributed by atoms with Gasteiger partial charge in [-0.05, 0) is 42.3 Å². The lowest BCUT2D eigenvalue weighted by Crippen LogP contribution is -2.23. The molecule has 3 rings (SSSR count). The van der Waals surface area contributed by atoms with Gasteiger partial charge in [0, 0.05) is 11.3 Å². The summed E-state index contributed by atoms with van der Waals surface area (Å²) in [7, 11) is 0. The van der Waals surface area contributed by atoms with Gasteiger partial charge < -0.3 is 14.8 Å². The topological polar surface area (TPSA) is 81.7 Å². The lowest BCUT2D eigenvalue weighted by molar-refractivity contribution is -0.149. The van der Waals surface area contributed by atoms with Gasteiger partial charge in [-0.25, -0.2) is 4.79 Å². The Kier molecular flexibility index (Phi) is 6.95. The maximum Gasteiger partial charge on any atom is 0.344 e. The van der Waals surface area contributed by atoms with E-state index in [0.717, 1.165) is 11.1 Å². The second-order valence-corrected chi connectivity index (χ2v) is 6.52. The van der Waals surface area contributed by atoms with Gasteiger partial charge in [-0.15, -0.1) is 0 Å². The van der Waals surface area contributed by atoms with E-state index >= 15 is 0 Å². The van der Waals surface area contributed by atoms with Crippen molar-refractivity contribution in [3.05, 3.63) is 84.4 Å². The number of ketones is 1. The zero-order valence-electron chi connectivity index (χ0n) is 16.5. The summed E-state index contributed by atoms with van der Waals surface area (Å²) in [6.07, 6.45) is 0. The molecule has 0 bridgehead atoms. The Labute approximate surface area is 174 Å². The molecule has 6 nitrogen and oxygen atoms in total. The van der Waals surface area contributed by atoms with E-state index in [4.69, 9.17) is 9.47 Å². The molecular weight excluding hydrogens is 382 g/mol. The standard InChI is InChI=1S/C24H21NO5/c1-17(26)20-8-5-9-21(14-20)25-23(27)15-30-24(28)16-29-22-12-10-19(11-13-22)18-6-3-2-4-7-18/h2-14H,15-16H2,1H3,(H,25,27). The first-order chi connectivity index (χ1) is 14.5. The normalized spacial score (nSPS) is 10.2. The summed E-state index contributed by atoms with van der Waals surface area (Å²) in [6.45, 7) is 0.690. The van der Waals surface area contributed by atoms with E-state index in [1.165, 1.54) is 6.92 Å². The van der Waals surface area contributed by atoms with Crippen LogP contribution in [0.1, 0.15) is 17.3 Å². The van der Waals surface area contributed by atoms with Crippen molar-refractivity contribution >= 4 is 23.3 Å². The molecule has 0 saturated heterocycles. The van der Waals surface area contributed by atoms with Gasteiger partial charge in [-0.2, -0.15) is 0 Å². The minimum atomic E-state index is -0.658. The number of hydrogen-bond donors (Lipinski definition) is 1. The Morgan fingerprint density at radius 1 is 0.800 bits per heavy atom. The molecule has 6 heteroatoms. The zero-order valence-corrected chi connectivity index (χ0v) is 16.5. The lowest BCUT2D eigenvalue weighted by Gasteiger charge is -2.09. The van der Waals surface area contributed by atoms with Crippen LogP contribution in [0.2, 0.25) is 0 Å². The van der Waals surface area contributed by atoms with Crippen molar-refractivity contribution in [3.8, 4) is 16.9 Å². The second kappa shape index (κ2) is 10.0. The summed E-state index contributed by atoms with van der Waals surface area (Å²) in [5.74, 6) is -0.741. The summed E-state index contributed by atoms with van der Waals surface area (Å²) < 4.78 is 10.3. The molecule has 0 aromatic heterocycles. The van der Waals surface area contributed by atoms with Crippen LogP contribution < -0.4 is 10.1 Å². The van der Waals surface area contributed by atoms with E-state index in [1.807, 2.05) is 42.5 Å². The molecule has 152 valence electrons. The maximum absolute atomic E-state index is 11.9. The summed E-state index contributed by atoms with van der Waals surface area (Å²) in [5.41, 5.74) is 3.06. The highest BCUT2D eigenvalue weighted by atomic mass is 16.6. The third-order valence-electron chi connectivity index (χ3n) is 4.24. The highest BCUT2D eigenvalue weighted by Crippen LogP contribution is 2.22. The molecule has 0 saturated carbocycles. The van der Waals surface area contributed by atoms with Crippen molar-refractivity contribution in [1.82, 2.24) is 0 Å². The van der Waals surface area contributed by atoms with Gasteiger partial charge >= 0.3 is 5.97 Å². The summed E-state index contributed by atoms with van der Waals surface area (Å²) in [4.78, 5) is 35.1. The average Bonchev–Trinajstić information content (AvgIpc) is 2.77. The molecule has 0 atom stereocenters. The number of rotatable bonds is 8. The van der Waals surface area contributed by atoms with Crippen molar-refractivity contribution in [1.29, 1.82) is 0 Å². The molecule has 3 aromatic carbocycles. The minimum absolute atomic E-state index is 0.105. The number of anilines is 1. The van der Waals surface area contributed by atoms with Gasteiger partial charge in [0.15, 0.2) is 19.0 Å². The number of esters is 1. The number of nitrogens with one attached hydrogen (secondary N) is 1. The summed E-state index contributed by atoms with van der Waals surface area (Å²) in [5, 5.41) is 2.58. The number of Topliss-reactive ketones (excluding diaryl/α,β-unsaturated/α-hetero) is 1. The Morgan fingerprint density at radius 3 is 2.20 bits per heavy atom. The van der Waals surface area contributed by atoms with Crippen LogP contribution in [-0.4, -0.2) is 30.9 Å². The van der Waals surface area contributed by atoms with Gasteiger partial charge in [0.05, 0.1) is 0 Å². The highest BCUT2D eigenvalue weighted by Gasteiger charge is 2.10. The molecule has 0 spiro atoms. The van der Waals surface area contributed by atoms with Gasteiger partial charge in [0.2, 0.25) is 0 Å². The molecule has 0 aliphatic carbocycles. The van der Waals surface area contributed by atoms with E-state index in [-0.39, 0.29) is 12.4 Å². The molecule has 0 aliphatic heterocycles. The van der Waals surface area contributed by atoms with Crippen LogP contribution in [-0.2, 0) is 14.3 Å². The molecule has 0 unspecified atom stereocenters. The molecule has 0 heterocycles. The van der Waals surface area contributed by atoms with E-state index in [2.05, 4.69) is 5.32 Å². The van der Waals surface area contributed by atoms with Crippen LogP contribution in [0.4, 0.5) is 5.69 Å². The van der Waals surface area contributed by atoms with Crippen molar-refractivity contribution < 1.29 is 23.9 Å². The van der Waals surface area contributed by atoms with Crippen molar-refractivity contribution in [2.45, 2.75) is 6.92 Å². The smallest absolute Gasteiger partial charge is 0.344 e. The Bertz CT molecular complexity index is 1030. The molecule has 0 radical (unpaired) electrons. The molecule has 30 heavy (non-hydrogen) atoms. The SMILES string of the molecule is CC(=O)c1cccc(NC(=O)COC(=O)COc2ccc(-c3ccccc3)cc2)c1. The van der Waals surface area contributed by atoms with Gasteiger partial charge in [-0.3, -0.25) is 9.59 Å². The fourth-order valence-electron chi connectivity index (χ4n) is 2.72. The highest BCUT2D eigenvalue weighted by molar-refractivity contribution is 5.97. The van der Waals surface area contributed by atoms with Crippen LogP contribution in [0.25, 0.3) is 11.1 Å². The predicted molar refractivity (Wildman–Crippen MR) is 113 cm³/mol. The monoisotopic (exact) mass is 403 g/mol. The van der Waals surface area contributed by atoms with E-state index in [9.17, 15) is 14.4 Å². The second-order valence-electron chi connectivity index (χ2n) is 6.52. The van der Waals surface area contributed by atoms with Crippen LogP contribution in [0, 0.1) is 0 Å². The maximum atomic E-state index is 11.9. The first kappa shape index (κ1) is 20.8. The number of benzene rings is 3. The van der Waals surface area contributed by atoms with Gasteiger partial charge in [-0.1, -0.05) is 54.6 Å². The van der Waals surface area contributed by atoms with Crippen LogP contribution in [0.3, 0.4) is 0 Å². The third kappa shape index (κ3) is 6.04. The number of carbonyl (C=O) groups is 3. The molecule has 1 amide bonds. The van der Waals surface area contributed by atoms with E-state index in [0.29, 0.717) is 17.0 Å². The zero-order chi connectivity index (χ0) is 21.3. The first-order valence-corrected chi connectivity index (χ1v) is 9.36. The molecule has 0 fully saturated rings. The van der Waals surface area contributed by atoms with Crippen molar-refractivity contribution in [3.63, 3.8) is 0 Å². The number of ether oxygens (including phenoxy) is 2. The predicted octanol–water partition coefficient (Wildman–Crippen LogP) is 4.12. The van der Waals surface area contributed by atoms with Crippen molar-refractivity contribution in [2.24, 2.45) is 0 Å². The molecular formula is C24H21NO5. The largest absolute Gasteiger partial charge is 0.482 e. The fourth-order valence-corrected chi connectivity index (χ4v) is 2.72. The Hall–Kier alpha value is -3.93. The first-order valence-electron chi connectivity index (χ1n) is 9.36. The van der Waals surface area contributed by atoms with Crippen LogP contribution in [0.5, 0.6) is 5.75 Å². The lowest BCUT2D eigenvalue weighted by atomic mass is 10.1. The summed E-state index contributed by atoms with van der Waals surface area (Å²) in [6, 6.07) is 23.8. The molecule has 1 N–H and O–H groups in total. The minimum Gasteiger partial charge on any atom is -0.482 e. The van der Waals surface area contributed by atoms with Gasteiger partial charge in [0.25, 0.3) is 5.91 Å². The summed E-state index contributed by atoms with van der Waals surface area (Å²) >= 11 is 0. The Morgan fingerprint density at radius 2 is 1.50 bits per heavy atom. The van der Waals surface area contributed by atoms with Crippen LogP contribution >= 0.6 is 0 Å². The average molecular weight is 403 g/mol. The quantitative estimate of drug-likeness (QED) is 0.452. The fraction of sp³-hybridized carbons (Fsp3) is 0.125.